The molecule has 1 aromatic heterocycles. The van der Waals surface area contributed by atoms with Crippen LogP contribution in [0.15, 0.2) is 5.51 Å². The summed E-state index contributed by atoms with van der Waals surface area (Å²) in [5.74, 6) is 0. The molecule has 4 nitrogen and oxygen atoms in total. The highest BCUT2D eigenvalue weighted by Crippen LogP contribution is 2.30. The summed E-state index contributed by atoms with van der Waals surface area (Å²) >= 11 is 1.52. The van der Waals surface area contributed by atoms with E-state index in [-0.39, 0.29) is 5.41 Å². The highest BCUT2D eigenvalue weighted by molar-refractivity contribution is 7.13. The topological polar surface area (TPSA) is 47.0 Å². The number of hydrogen-bond acceptors (Lipinski definition) is 5. The average Bonchev–Trinajstić information content (AvgIpc) is 2.63. The molecule has 13 heavy (non-hydrogen) atoms. The molecule has 1 atom stereocenters. The second kappa shape index (κ2) is 3.23. The summed E-state index contributed by atoms with van der Waals surface area (Å²) in [5, 5.41) is 11.9. The first-order valence-electron chi connectivity index (χ1n) is 4.29. The van der Waals surface area contributed by atoms with Crippen LogP contribution in [-0.4, -0.2) is 29.5 Å². The molecule has 0 amide bonds. The molecule has 0 saturated carbocycles. The normalized spacial score (nSPS) is 26.2. The van der Waals surface area contributed by atoms with Gasteiger partial charge in [-0.3, -0.25) is 0 Å². The van der Waals surface area contributed by atoms with Crippen LogP contribution in [0.2, 0.25) is 0 Å². The largest absolute Gasteiger partial charge is 0.379 e. The predicted octanol–water partition coefficient (Wildman–Crippen LogP) is 1.37. The van der Waals surface area contributed by atoms with Crippen LogP contribution in [0, 0.1) is 5.41 Å². The third-order valence-corrected chi connectivity index (χ3v) is 2.98. The summed E-state index contributed by atoms with van der Waals surface area (Å²) in [5.41, 5.74) is 1.91. The minimum atomic E-state index is 0.186. The summed E-state index contributed by atoms with van der Waals surface area (Å²) in [6.45, 7) is 5.95. The molecule has 0 bridgehead atoms. The fourth-order valence-corrected chi connectivity index (χ4v) is 1.89. The van der Waals surface area contributed by atoms with Crippen LogP contribution in [0.1, 0.15) is 13.8 Å². The number of rotatable bonds is 2. The average molecular weight is 199 g/mol. The second-order valence-corrected chi connectivity index (χ2v) is 4.78. The summed E-state index contributed by atoms with van der Waals surface area (Å²) in [4.78, 5) is 0. The molecule has 2 rings (SSSR count). The van der Waals surface area contributed by atoms with Crippen LogP contribution in [-0.2, 0) is 4.74 Å². The van der Waals surface area contributed by atoms with Crippen LogP contribution in [0.4, 0.5) is 5.13 Å². The van der Waals surface area contributed by atoms with E-state index in [2.05, 4.69) is 29.4 Å². The molecule has 0 aromatic carbocycles. The molecule has 1 unspecified atom stereocenters. The van der Waals surface area contributed by atoms with Crippen molar-refractivity contribution in [3.8, 4) is 0 Å². The quantitative estimate of drug-likeness (QED) is 0.781. The maximum absolute atomic E-state index is 5.42. The zero-order valence-electron chi connectivity index (χ0n) is 7.78. The monoisotopic (exact) mass is 199 g/mol. The number of hydrogen-bond donors (Lipinski definition) is 1. The standard InChI is InChI=1S/C8H13N3OS/c1-8(2)4-12-3-6(8)10-7-11-9-5-13-7/h5-6H,3-4H2,1-2H3,(H,10,11). The van der Waals surface area contributed by atoms with Crippen molar-refractivity contribution in [2.45, 2.75) is 19.9 Å². The number of aromatic nitrogens is 2. The van der Waals surface area contributed by atoms with Gasteiger partial charge in [0.1, 0.15) is 5.51 Å². The Kier molecular flexibility index (Phi) is 2.21. The first-order chi connectivity index (χ1) is 6.18. The number of nitrogens with zero attached hydrogens (tertiary/aromatic N) is 2. The molecular formula is C8H13N3OS. The molecule has 1 saturated heterocycles. The Bertz CT molecular complexity index is 273. The Hall–Kier alpha value is -0.680. The molecule has 72 valence electrons. The molecule has 0 aliphatic carbocycles. The molecule has 1 aliphatic heterocycles. The van der Waals surface area contributed by atoms with Crippen molar-refractivity contribution in [1.29, 1.82) is 0 Å². The third kappa shape index (κ3) is 1.81. The maximum Gasteiger partial charge on any atom is 0.205 e. The molecule has 1 aliphatic rings. The first-order valence-corrected chi connectivity index (χ1v) is 5.17. The molecule has 1 fully saturated rings. The van der Waals surface area contributed by atoms with Crippen LogP contribution in [0.25, 0.3) is 0 Å². The Balaban J connectivity index is 2.02. The molecule has 0 radical (unpaired) electrons. The van der Waals surface area contributed by atoms with Crippen LogP contribution in [0.3, 0.4) is 0 Å². The lowest BCUT2D eigenvalue weighted by atomic mass is 9.88. The highest BCUT2D eigenvalue weighted by Gasteiger charge is 2.35. The lowest BCUT2D eigenvalue weighted by molar-refractivity contribution is 0.167. The van der Waals surface area contributed by atoms with Gasteiger partial charge >= 0.3 is 0 Å². The van der Waals surface area contributed by atoms with Crippen molar-refractivity contribution in [2.75, 3.05) is 18.5 Å². The SMILES string of the molecule is CC1(C)COCC1Nc1nncs1. The van der Waals surface area contributed by atoms with Crippen molar-refractivity contribution in [3.05, 3.63) is 5.51 Å². The van der Waals surface area contributed by atoms with Crippen LogP contribution in [0.5, 0.6) is 0 Å². The van der Waals surface area contributed by atoms with Gasteiger partial charge in [-0.25, -0.2) is 0 Å². The Morgan fingerprint density at radius 3 is 3.08 bits per heavy atom. The molecule has 2 heterocycles. The smallest absolute Gasteiger partial charge is 0.205 e. The number of anilines is 1. The van der Waals surface area contributed by atoms with E-state index in [0.717, 1.165) is 18.3 Å². The fourth-order valence-electron chi connectivity index (χ4n) is 1.39. The van der Waals surface area contributed by atoms with Crippen molar-refractivity contribution in [2.24, 2.45) is 5.41 Å². The van der Waals surface area contributed by atoms with Crippen molar-refractivity contribution in [1.82, 2.24) is 10.2 Å². The van der Waals surface area contributed by atoms with E-state index in [1.165, 1.54) is 11.3 Å². The van der Waals surface area contributed by atoms with Gasteiger partial charge in [0.2, 0.25) is 5.13 Å². The van der Waals surface area contributed by atoms with Crippen molar-refractivity contribution >= 4 is 16.5 Å². The zero-order chi connectivity index (χ0) is 9.31. The van der Waals surface area contributed by atoms with Gasteiger partial charge in [0.05, 0.1) is 19.3 Å². The van der Waals surface area contributed by atoms with Gasteiger partial charge < -0.3 is 10.1 Å². The highest BCUT2D eigenvalue weighted by atomic mass is 32.1. The Labute approximate surface area is 81.3 Å². The minimum Gasteiger partial charge on any atom is -0.379 e. The van der Waals surface area contributed by atoms with Crippen LogP contribution >= 0.6 is 11.3 Å². The summed E-state index contributed by atoms with van der Waals surface area (Å²) in [6, 6.07) is 0.348. The van der Waals surface area contributed by atoms with E-state index < -0.39 is 0 Å². The van der Waals surface area contributed by atoms with E-state index in [4.69, 9.17) is 4.74 Å². The van der Waals surface area contributed by atoms with Crippen LogP contribution < -0.4 is 5.32 Å². The van der Waals surface area contributed by atoms with Gasteiger partial charge in [-0.1, -0.05) is 25.2 Å². The number of nitrogens with one attached hydrogen (secondary N) is 1. The molecule has 1 N–H and O–H groups in total. The first kappa shape index (κ1) is 8.90. The van der Waals surface area contributed by atoms with E-state index in [0.29, 0.717) is 6.04 Å². The fraction of sp³-hybridized carbons (Fsp3) is 0.750. The van der Waals surface area contributed by atoms with E-state index in [9.17, 15) is 0 Å². The van der Waals surface area contributed by atoms with Crippen molar-refractivity contribution in [3.63, 3.8) is 0 Å². The summed E-state index contributed by atoms with van der Waals surface area (Å²) in [6.07, 6.45) is 0. The molecule has 0 spiro atoms. The third-order valence-electron chi connectivity index (χ3n) is 2.36. The van der Waals surface area contributed by atoms with E-state index in [1.54, 1.807) is 5.51 Å². The zero-order valence-corrected chi connectivity index (χ0v) is 8.60. The number of ether oxygens (including phenoxy) is 1. The second-order valence-electron chi connectivity index (χ2n) is 3.94. The van der Waals surface area contributed by atoms with Gasteiger partial charge in [0, 0.05) is 5.41 Å². The maximum atomic E-state index is 5.42. The van der Waals surface area contributed by atoms with E-state index in [1.807, 2.05) is 0 Å². The Morgan fingerprint density at radius 2 is 2.54 bits per heavy atom. The molecular weight excluding hydrogens is 186 g/mol. The lowest BCUT2D eigenvalue weighted by Crippen LogP contribution is -2.34. The lowest BCUT2D eigenvalue weighted by Gasteiger charge is -2.24. The van der Waals surface area contributed by atoms with E-state index >= 15 is 0 Å². The summed E-state index contributed by atoms with van der Waals surface area (Å²) in [7, 11) is 0. The molecule has 5 heteroatoms. The summed E-state index contributed by atoms with van der Waals surface area (Å²) < 4.78 is 5.42. The molecule has 1 aromatic rings. The predicted molar refractivity (Wildman–Crippen MR) is 51.9 cm³/mol. The Morgan fingerprint density at radius 1 is 1.69 bits per heavy atom. The van der Waals surface area contributed by atoms with Gasteiger partial charge in [0.15, 0.2) is 0 Å². The van der Waals surface area contributed by atoms with Gasteiger partial charge in [0.25, 0.3) is 0 Å². The van der Waals surface area contributed by atoms with Gasteiger partial charge in [-0.15, -0.1) is 10.2 Å². The van der Waals surface area contributed by atoms with Crippen molar-refractivity contribution < 1.29 is 4.74 Å². The van der Waals surface area contributed by atoms with Gasteiger partial charge in [-0.05, 0) is 0 Å². The van der Waals surface area contributed by atoms with Gasteiger partial charge in [-0.2, -0.15) is 0 Å². The minimum absolute atomic E-state index is 0.186.